The molecule has 1 aliphatic carbocycles. The van der Waals surface area contributed by atoms with Gasteiger partial charge in [-0.3, -0.25) is 4.90 Å². The van der Waals surface area contributed by atoms with Crippen molar-refractivity contribution in [3.8, 4) is 0 Å². The van der Waals surface area contributed by atoms with E-state index in [1.54, 1.807) is 0 Å². The Labute approximate surface area is 98.0 Å². The molecule has 2 N–H and O–H groups in total. The first-order valence-corrected chi connectivity index (χ1v) is 6.56. The van der Waals surface area contributed by atoms with Gasteiger partial charge in [0.1, 0.15) is 0 Å². The molecular formula is C12H24N2O2. The average molecular weight is 228 g/mol. The van der Waals surface area contributed by atoms with Crippen molar-refractivity contribution >= 4 is 0 Å². The van der Waals surface area contributed by atoms with E-state index in [2.05, 4.69) is 10.2 Å². The highest BCUT2D eigenvalue weighted by atomic mass is 16.5. The molecule has 2 fully saturated rings. The van der Waals surface area contributed by atoms with Crippen LogP contribution in [-0.4, -0.2) is 61.5 Å². The number of aliphatic hydroxyl groups excluding tert-OH is 1. The highest BCUT2D eigenvalue weighted by Crippen LogP contribution is 2.29. The zero-order valence-corrected chi connectivity index (χ0v) is 10.0. The summed E-state index contributed by atoms with van der Waals surface area (Å²) in [6, 6.07) is 1.61. The van der Waals surface area contributed by atoms with Gasteiger partial charge in [-0.05, 0) is 32.2 Å². The van der Waals surface area contributed by atoms with Gasteiger partial charge in [0.05, 0.1) is 13.2 Å². The second-order valence-electron chi connectivity index (χ2n) is 4.86. The van der Waals surface area contributed by atoms with Crippen LogP contribution in [0, 0.1) is 0 Å². The smallest absolute Gasteiger partial charge is 0.0697 e. The first kappa shape index (κ1) is 12.3. The molecule has 0 amide bonds. The van der Waals surface area contributed by atoms with Crippen molar-refractivity contribution in [2.75, 3.05) is 39.5 Å². The van der Waals surface area contributed by atoms with Crippen LogP contribution in [-0.2, 0) is 4.74 Å². The third-order valence-electron chi connectivity index (χ3n) is 3.42. The molecule has 2 aliphatic rings. The maximum absolute atomic E-state index is 8.54. The van der Waals surface area contributed by atoms with Crippen molar-refractivity contribution in [1.29, 1.82) is 0 Å². The number of nitrogens with one attached hydrogen (secondary N) is 1. The Morgan fingerprint density at radius 1 is 1.25 bits per heavy atom. The lowest BCUT2D eigenvalue weighted by molar-refractivity contribution is 0.0904. The molecule has 4 heteroatoms. The summed E-state index contributed by atoms with van der Waals surface area (Å²) < 4.78 is 5.22. The summed E-state index contributed by atoms with van der Waals surface area (Å²) in [5.41, 5.74) is 0. The number of likely N-dealkylation sites (tertiary alicyclic amines) is 1. The maximum Gasteiger partial charge on any atom is 0.0697 e. The largest absolute Gasteiger partial charge is 0.394 e. The van der Waals surface area contributed by atoms with Crippen LogP contribution < -0.4 is 5.32 Å². The van der Waals surface area contributed by atoms with Crippen LogP contribution in [0.4, 0.5) is 0 Å². The van der Waals surface area contributed by atoms with E-state index in [0.29, 0.717) is 12.6 Å². The van der Waals surface area contributed by atoms with Gasteiger partial charge in [0.15, 0.2) is 0 Å². The van der Waals surface area contributed by atoms with Gasteiger partial charge in [-0.2, -0.15) is 0 Å². The molecular weight excluding hydrogens is 204 g/mol. The molecule has 1 atom stereocenters. The van der Waals surface area contributed by atoms with E-state index in [0.717, 1.165) is 25.6 Å². The summed E-state index contributed by atoms with van der Waals surface area (Å²) in [6.45, 7) is 4.91. The van der Waals surface area contributed by atoms with Crippen LogP contribution in [0.3, 0.4) is 0 Å². The predicted molar refractivity (Wildman–Crippen MR) is 63.5 cm³/mol. The SMILES string of the molecule is OCCOCCCNC1CCN(C2CC2)C1. The summed E-state index contributed by atoms with van der Waals surface area (Å²) in [5, 5.41) is 12.1. The van der Waals surface area contributed by atoms with Gasteiger partial charge in [-0.1, -0.05) is 0 Å². The van der Waals surface area contributed by atoms with Gasteiger partial charge in [-0.25, -0.2) is 0 Å². The van der Waals surface area contributed by atoms with Crippen LogP contribution in [0.25, 0.3) is 0 Å². The standard InChI is InChI=1S/C12H24N2O2/c15-7-9-16-8-1-5-13-11-4-6-14(10-11)12-2-3-12/h11-13,15H,1-10H2. The van der Waals surface area contributed by atoms with Crippen LogP contribution in [0.15, 0.2) is 0 Å². The van der Waals surface area contributed by atoms with Crippen molar-refractivity contribution in [3.63, 3.8) is 0 Å². The number of rotatable bonds is 8. The molecule has 4 nitrogen and oxygen atoms in total. The molecule has 1 saturated carbocycles. The molecule has 0 aromatic carbocycles. The van der Waals surface area contributed by atoms with Crippen molar-refractivity contribution in [3.05, 3.63) is 0 Å². The van der Waals surface area contributed by atoms with Crippen molar-refractivity contribution in [1.82, 2.24) is 10.2 Å². The Bertz CT molecular complexity index is 197. The fourth-order valence-electron chi connectivity index (χ4n) is 2.37. The fourth-order valence-corrected chi connectivity index (χ4v) is 2.37. The zero-order valence-electron chi connectivity index (χ0n) is 10.0. The predicted octanol–water partition coefficient (Wildman–Crippen LogP) is 0.212. The van der Waals surface area contributed by atoms with Crippen molar-refractivity contribution in [2.24, 2.45) is 0 Å². The van der Waals surface area contributed by atoms with Crippen LogP contribution in [0.1, 0.15) is 25.7 Å². The minimum Gasteiger partial charge on any atom is -0.394 e. The summed E-state index contributed by atoms with van der Waals surface area (Å²) in [5.74, 6) is 0. The summed E-state index contributed by atoms with van der Waals surface area (Å²) >= 11 is 0. The monoisotopic (exact) mass is 228 g/mol. The van der Waals surface area contributed by atoms with Crippen LogP contribution in [0.2, 0.25) is 0 Å². The highest BCUT2D eigenvalue weighted by molar-refractivity contribution is 4.91. The minimum atomic E-state index is 0.131. The van der Waals surface area contributed by atoms with E-state index in [1.807, 2.05) is 0 Å². The summed E-state index contributed by atoms with van der Waals surface area (Å²) in [7, 11) is 0. The Morgan fingerprint density at radius 3 is 2.88 bits per heavy atom. The highest BCUT2D eigenvalue weighted by Gasteiger charge is 2.33. The maximum atomic E-state index is 8.54. The number of ether oxygens (including phenoxy) is 1. The van der Waals surface area contributed by atoms with Crippen LogP contribution >= 0.6 is 0 Å². The topological polar surface area (TPSA) is 44.7 Å². The number of aliphatic hydroxyl groups is 1. The molecule has 0 aromatic rings. The van der Waals surface area contributed by atoms with E-state index in [4.69, 9.17) is 9.84 Å². The fraction of sp³-hybridized carbons (Fsp3) is 1.00. The second-order valence-corrected chi connectivity index (χ2v) is 4.86. The molecule has 1 heterocycles. The quantitative estimate of drug-likeness (QED) is 0.583. The summed E-state index contributed by atoms with van der Waals surface area (Å²) in [4.78, 5) is 2.62. The molecule has 94 valence electrons. The van der Waals surface area contributed by atoms with Gasteiger partial charge in [0, 0.05) is 31.8 Å². The van der Waals surface area contributed by atoms with Crippen molar-refractivity contribution < 1.29 is 9.84 Å². The van der Waals surface area contributed by atoms with Gasteiger partial charge < -0.3 is 15.2 Å². The van der Waals surface area contributed by atoms with E-state index in [9.17, 15) is 0 Å². The van der Waals surface area contributed by atoms with E-state index < -0.39 is 0 Å². The first-order valence-electron chi connectivity index (χ1n) is 6.56. The third kappa shape index (κ3) is 4.01. The summed E-state index contributed by atoms with van der Waals surface area (Å²) in [6.07, 6.45) is 5.18. The Morgan fingerprint density at radius 2 is 2.12 bits per heavy atom. The van der Waals surface area contributed by atoms with E-state index >= 15 is 0 Å². The first-order chi connectivity index (χ1) is 7.90. The second kappa shape index (κ2) is 6.55. The number of hydrogen-bond acceptors (Lipinski definition) is 4. The van der Waals surface area contributed by atoms with E-state index in [-0.39, 0.29) is 6.61 Å². The lowest BCUT2D eigenvalue weighted by atomic mass is 10.2. The lowest BCUT2D eigenvalue weighted by Gasteiger charge is -2.15. The van der Waals surface area contributed by atoms with Crippen molar-refractivity contribution in [2.45, 2.75) is 37.8 Å². The zero-order chi connectivity index (χ0) is 11.2. The molecule has 0 bridgehead atoms. The van der Waals surface area contributed by atoms with Gasteiger partial charge >= 0.3 is 0 Å². The molecule has 0 radical (unpaired) electrons. The van der Waals surface area contributed by atoms with Gasteiger partial charge in [0.2, 0.25) is 0 Å². The molecule has 0 spiro atoms. The molecule has 1 unspecified atom stereocenters. The molecule has 16 heavy (non-hydrogen) atoms. The van der Waals surface area contributed by atoms with Gasteiger partial charge in [-0.15, -0.1) is 0 Å². The normalized spacial score (nSPS) is 26.4. The average Bonchev–Trinajstić information content (AvgIpc) is 3.04. The number of hydrogen-bond donors (Lipinski definition) is 2. The molecule has 0 aromatic heterocycles. The van der Waals surface area contributed by atoms with E-state index in [1.165, 1.54) is 32.4 Å². The minimum absolute atomic E-state index is 0.131. The third-order valence-corrected chi connectivity index (χ3v) is 3.42. The lowest BCUT2D eigenvalue weighted by Crippen LogP contribution is -2.34. The Hall–Kier alpha value is -0.160. The molecule has 2 rings (SSSR count). The Balaban J connectivity index is 1.44. The number of nitrogens with zero attached hydrogens (tertiary/aromatic N) is 1. The van der Waals surface area contributed by atoms with Gasteiger partial charge in [0.25, 0.3) is 0 Å². The molecule has 1 saturated heterocycles. The molecule has 1 aliphatic heterocycles. The Kier molecular flexibility index (Phi) is 5.03. The van der Waals surface area contributed by atoms with Crippen LogP contribution in [0.5, 0.6) is 0 Å².